The number of nitrogens with two attached hydrogens (primary N) is 1. The molecule has 0 aliphatic carbocycles. The first-order chi connectivity index (χ1) is 9.24. The fraction of sp³-hybridized carbons (Fsp3) is 0.533. The molecule has 2 heterocycles. The summed E-state index contributed by atoms with van der Waals surface area (Å²) >= 11 is 0. The number of likely N-dealkylation sites (tertiary alicyclic amines) is 1. The Hall–Kier alpha value is -1.71. The minimum Gasteiger partial charge on any atom is -0.399 e. The lowest BCUT2D eigenvalue weighted by molar-refractivity contribution is -0.130. The van der Waals surface area contributed by atoms with E-state index in [-0.39, 0.29) is 0 Å². The molecule has 4 heteroatoms. The molecule has 3 rings (SSSR count). The van der Waals surface area contributed by atoms with Crippen LogP contribution in [0.25, 0.3) is 0 Å². The lowest BCUT2D eigenvalue weighted by atomic mass is 10.0. The molecule has 0 atom stereocenters. The largest absolute Gasteiger partial charge is 0.399 e. The summed E-state index contributed by atoms with van der Waals surface area (Å²) in [5, 5.41) is 0. The van der Waals surface area contributed by atoms with Gasteiger partial charge in [-0.2, -0.15) is 0 Å². The molecule has 1 aromatic carbocycles. The average Bonchev–Trinajstić information content (AvgIpc) is 2.86. The van der Waals surface area contributed by atoms with E-state index in [2.05, 4.69) is 21.9 Å². The Morgan fingerprint density at radius 1 is 1.05 bits per heavy atom. The lowest BCUT2D eigenvalue weighted by Crippen LogP contribution is -2.45. The molecule has 0 unspecified atom stereocenters. The Kier molecular flexibility index (Phi) is 3.32. The molecular formula is C15H21N3O. The van der Waals surface area contributed by atoms with Crippen molar-refractivity contribution in [2.24, 2.45) is 0 Å². The first-order valence-corrected chi connectivity index (χ1v) is 7.14. The van der Waals surface area contributed by atoms with Crippen LogP contribution in [0.4, 0.5) is 11.4 Å². The Balaban J connectivity index is 1.60. The van der Waals surface area contributed by atoms with E-state index >= 15 is 0 Å². The fourth-order valence-electron chi connectivity index (χ4n) is 3.18. The molecule has 2 saturated heterocycles. The highest BCUT2D eigenvalue weighted by Crippen LogP contribution is 2.25. The zero-order valence-electron chi connectivity index (χ0n) is 11.2. The van der Waals surface area contributed by atoms with E-state index in [0.717, 1.165) is 51.0 Å². The zero-order valence-corrected chi connectivity index (χ0v) is 11.2. The number of rotatable bonds is 2. The molecule has 2 fully saturated rings. The summed E-state index contributed by atoms with van der Waals surface area (Å²) in [4.78, 5) is 16.2. The maximum Gasteiger partial charge on any atom is 0.222 e. The summed E-state index contributed by atoms with van der Waals surface area (Å²) in [5.41, 5.74) is 7.76. The van der Waals surface area contributed by atoms with Gasteiger partial charge in [0.1, 0.15) is 0 Å². The number of piperidine rings is 1. The molecule has 0 bridgehead atoms. The van der Waals surface area contributed by atoms with Gasteiger partial charge in [0.25, 0.3) is 0 Å². The van der Waals surface area contributed by atoms with Gasteiger partial charge in [0.05, 0.1) is 0 Å². The number of nitrogens with zero attached hydrogens (tertiary/aromatic N) is 2. The molecule has 2 aliphatic heterocycles. The number of anilines is 2. The van der Waals surface area contributed by atoms with E-state index < -0.39 is 0 Å². The van der Waals surface area contributed by atoms with E-state index in [9.17, 15) is 4.79 Å². The standard InChI is InChI=1S/C15H21N3O/c16-12-3-5-13(6-4-12)17-10-7-14(8-11-17)18-9-1-2-15(18)19/h3-6,14H,1-2,7-11,16H2. The normalized spacial score (nSPS) is 21.2. The van der Waals surface area contributed by atoms with E-state index in [1.807, 2.05) is 12.1 Å². The maximum absolute atomic E-state index is 11.8. The molecule has 0 spiro atoms. The quantitative estimate of drug-likeness (QED) is 0.825. The number of hydrogen-bond donors (Lipinski definition) is 1. The number of carbonyl (C=O) groups excluding carboxylic acids is 1. The summed E-state index contributed by atoms with van der Waals surface area (Å²) in [5.74, 6) is 0.353. The summed E-state index contributed by atoms with van der Waals surface area (Å²) in [6.07, 6.45) is 3.95. The van der Waals surface area contributed by atoms with E-state index in [1.165, 1.54) is 5.69 Å². The van der Waals surface area contributed by atoms with Gasteiger partial charge in [0.15, 0.2) is 0 Å². The van der Waals surface area contributed by atoms with Crippen LogP contribution in [0.1, 0.15) is 25.7 Å². The molecular weight excluding hydrogens is 238 g/mol. The van der Waals surface area contributed by atoms with Crippen LogP contribution < -0.4 is 10.6 Å². The van der Waals surface area contributed by atoms with Gasteiger partial charge in [0, 0.05) is 43.5 Å². The topological polar surface area (TPSA) is 49.6 Å². The first-order valence-electron chi connectivity index (χ1n) is 7.14. The fourth-order valence-corrected chi connectivity index (χ4v) is 3.18. The van der Waals surface area contributed by atoms with Crippen molar-refractivity contribution in [3.8, 4) is 0 Å². The van der Waals surface area contributed by atoms with E-state index in [4.69, 9.17) is 5.73 Å². The van der Waals surface area contributed by atoms with Crippen molar-refractivity contribution in [2.75, 3.05) is 30.3 Å². The third-order valence-electron chi connectivity index (χ3n) is 4.27. The minimum atomic E-state index is 0.353. The van der Waals surface area contributed by atoms with Gasteiger partial charge in [-0.1, -0.05) is 0 Å². The number of amides is 1. The molecule has 0 saturated carbocycles. The predicted octanol–water partition coefficient (Wildman–Crippen LogP) is 1.86. The summed E-state index contributed by atoms with van der Waals surface area (Å²) in [6.45, 7) is 3.02. The second-order valence-electron chi connectivity index (χ2n) is 5.50. The first kappa shape index (κ1) is 12.3. The highest BCUT2D eigenvalue weighted by atomic mass is 16.2. The van der Waals surface area contributed by atoms with Crippen LogP contribution in [0.3, 0.4) is 0 Å². The van der Waals surface area contributed by atoms with Crippen molar-refractivity contribution < 1.29 is 4.79 Å². The third-order valence-corrected chi connectivity index (χ3v) is 4.27. The van der Waals surface area contributed by atoms with Crippen LogP contribution in [0.2, 0.25) is 0 Å². The van der Waals surface area contributed by atoms with Crippen LogP contribution in [-0.4, -0.2) is 36.5 Å². The molecule has 2 aliphatic rings. The van der Waals surface area contributed by atoms with Crippen molar-refractivity contribution >= 4 is 17.3 Å². The Morgan fingerprint density at radius 2 is 1.74 bits per heavy atom. The van der Waals surface area contributed by atoms with Gasteiger partial charge in [-0.15, -0.1) is 0 Å². The summed E-state index contributed by atoms with van der Waals surface area (Å²) in [7, 11) is 0. The van der Waals surface area contributed by atoms with Crippen molar-refractivity contribution in [2.45, 2.75) is 31.7 Å². The van der Waals surface area contributed by atoms with Gasteiger partial charge >= 0.3 is 0 Å². The van der Waals surface area contributed by atoms with Gasteiger partial charge < -0.3 is 15.5 Å². The van der Waals surface area contributed by atoms with Crippen molar-refractivity contribution in [1.29, 1.82) is 0 Å². The van der Waals surface area contributed by atoms with E-state index in [0.29, 0.717) is 11.9 Å². The SMILES string of the molecule is Nc1ccc(N2CCC(N3CCCC3=O)CC2)cc1. The number of nitrogen functional groups attached to an aromatic ring is 1. The molecule has 0 aromatic heterocycles. The van der Waals surface area contributed by atoms with Crippen molar-refractivity contribution in [1.82, 2.24) is 4.90 Å². The molecule has 0 radical (unpaired) electrons. The maximum atomic E-state index is 11.8. The molecule has 1 aromatic rings. The van der Waals surface area contributed by atoms with Gasteiger partial charge in [-0.25, -0.2) is 0 Å². The predicted molar refractivity (Wildman–Crippen MR) is 77.0 cm³/mol. The highest BCUT2D eigenvalue weighted by Gasteiger charge is 2.30. The second-order valence-corrected chi connectivity index (χ2v) is 5.50. The Bertz CT molecular complexity index is 449. The monoisotopic (exact) mass is 259 g/mol. The van der Waals surface area contributed by atoms with Gasteiger partial charge in [-0.3, -0.25) is 4.79 Å². The van der Waals surface area contributed by atoms with Gasteiger partial charge in [-0.05, 0) is 43.5 Å². The summed E-state index contributed by atoms with van der Waals surface area (Å²) in [6, 6.07) is 8.52. The molecule has 1 amide bonds. The van der Waals surface area contributed by atoms with Crippen molar-refractivity contribution in [3.05, 3.63) is 24.3 Å². The Morgan fingerprint density at radius 3 is 2.32 bits per heavy atom. The minimum absolute atomic E-state index is 0.353. The molecule has 2 N–H and O–H groups in total. The molecule has 19 heavy (non-hydrogen) atoms. The van der Waals surface area contributed by atoms with Crippen LogP contribution in [0.15, 0.2) is 24.3 Å². The average molecular weight is 259 g/mol. The molecule has 102 valence electrons. The lowest BCUT2D eigenvalue weighted by Gasteiger charge is -2.37. The Labute approximate surface area is 114 Å². The molecule has 4 nitrogen and oxygen atoms in total. The summed E-state index contributed by atoms with van der Waals surface area (Å²) < 4.78 is 0. The van der Waals surface area contributed by atoms with Crippen LogP contribution in [-0.2, 0) is 4.79 Å². The number of benzene rings is 1. The van der Waals surface area contributed by atoms with E-state index in [1.54, 1.807) is 0 Å². The van der Waals surface area contributed by atoms with Crippen LogP contribution in [0, 0.1) is 0 Å². The number of hydrogen-bond acceptors (Lipinski definition) is 3. The second kappa shape index (κ2) is 5.11. The third kappa shape index (κ3) is 2.53. The number of carbonyl (C=O) groups is 1. The van der Waals surface area contributed by atoms with Crippen LogP contribution >= 0.6 is 0 Å². The van der Waals surface area contributed by atoms with Crippen molar-refractivity contribution in [3.63, 3.8) is 0 Å². The smallest absolute Gasteiger partial charge is 0.222 e. The van der Waals surface area contributed by atoms with Gasteiger partial charge in [0.2, 0.25) is 5.91 Å². The zero-order chi connectivity index (χ0) is 13.2. The highest BCUT2D eigenvalue weighted by molar-refractivity contribution is 5.78. The van der Waals surface area contributed by atoms with Crippen LogP contribution in [0.5, 0.6) is 0 Å².